The van der Waals surface area contributed by atoms with Crippen molar-refractivity contribution in [3.05, 3.63) is 24.4 Å². The molecule has 2 N–H and O–H groups in total. The summed E-state index contributed by atoms with van der Waals surface area (Å²) in [6.45, 7) is 1.80. The number of nitrogens with zero attached hydrogens (tertiary/aromatic N) is 1. The molecular formula is C11H17Cl2N3O. The Morgan fingerprint density at radius 2 is 2.24 bits per heavy atom. The van der Waals surface area contributed by atoms with E-state index in [1.54, 1.807) is 12.3 Å². The van der Waals surface area contributed by atoms with Gasteiger partial charge in [-0.2, -0.15) is 0 Å². The van der Waals surface area contributed by atoms with Crippen LogP contribution in [0.15, 0.2) is 24.4 Å². The van der Waals surface area contributed by atoms with Gasteiger partial charge in [-0.15, -0.1) is 24.8 Å². The van der Waals surface area contributed by atoms with Crippen molar-refractivity contribution < 1.29 is 4.79 Å². The number of aromatic nitrogens is 1. The number of anilines is 1. The number of amides is 1. The van der Waals surface area contributed by atoms with E-state index in [1.165, 1.54) is 0 Å². The summed E-state index contributed by atoms with van der Waals surface area (Å²) in [5, 5.41) is 6.04. The molecule has 0 radical (unpaired) electrons. The van der Waals surface area contributed by atoms with Gasteiger partial charge in [0.05, 0.1) is 5.92 Å². The van der Waals surface area contributed by atoms with Crippen LogP contribution in [-0.4, -0.2) is 24.0 Å². The summed E-state index contributed by atoms with van der Waals surface area (Å²) in [7, 11) is 0. The molecule has 17 heavy (non-hydrogen) atoms. The lowest BCUT2D eigenvalue weighted by Gasteiger charge is -2.21. The van der Waals surface area contributed by atoms with Gasteiger partial charge in [0.25, 0.3) is 0 Å². The van der Waals surface area contributed by atoms with E-state index < -0.39 is 0 Å². The fraction of sp³-hybridized carbons (Fsp3) is 0.455. The molecular weight excluding hydrogens is 261 g/mol. The Morgan fingerprint density at radius 1 is 1.41 bits per heavy atom. The second-order valence-electron chi connectivity index (χ2n) is 3.75. The van der Waals surface area contributed by atoms with Gasteiger partial charge in [-0.3, -0.25) is 4.79 Å². The standard InChI is InChI=1S/C11H15N3O.2ClH/c15-11(9-4-3-6-12-8-9)14-10-5-1-2-7-13-10;;/h1-2,5,7,9,12H,3-4,6,8H2,(H,13,14,15);2*1H. The van der Waals surface area contributed by atoms with Crippen molar-refractivity contribution in [3.63, 3.8) is 0 Å². The molecule has 1 saturated heterocycles. The second kappa shape index (κ2) is 8.28. The van der Waals surface area contributed by atoms with E-state index >= 15 is 0 Å². The number of nitrogens with one attached hydrogen (secondary N) is 2. The SMILES string of the molecule is Cl.Cl.O=C(Nc1ccccn1)C1CCCNC1. The molecule has 2 heterocycles. The van der Waals surface area contributed by atoms with Gasteiger partial charge in [0.15, 0.2) is 0 Å². The zero-order valence-corrected chi connectivity index (χ0v) is 11.0. The highest BCUT2D eigenvalue weighted by molar-refractivity contribution is 5.91. The van der Waals surface area contributed by atoms with Crippen molar-refractivity contribution in [1.82, 2.24) is 10.3 Å². The molecule has 1 aromatic heterocycles. The Labute approximate surface area is 113 Å². The first-order valence-corrected chi connectivity index (χ1v) is 5.29. The Balaban J connectivity index is 0.00000128. The molecule has 0 aliphatic carbocycles. The number of rotatable bonds is 2. The summed E-state index contributed by atoms with van der Waals surface area (Å²) in [5.41, 5.74) is 0. The maximum atomic E-state index is 11.8. The molecule has 1 aromatic rings. The van der Waals surface area contributed by atoms with Crippen molar-refractivity contribution in [3.8, 4) is 0 Å². The van der Waals surface area contributed by atoms with E-state index in [9.17, 15) is 4.79 Å². The first-order valence-electron chi connectivity index (χ1n) is 5.29. The fourth-order valence-electron chi connectivity index (χ4n) is 1.74. The van der Waals surface area contributed by atoms with Gasteiger partial charge < -0.3 is 10.6 Å². The zero-order valence-electron chi connectivity index (χ0n) is 9.39. The first-order chi connectivity index (χ1) is 7.36. The molecule has 6 heteroatoms. The number of carbonyl (C=O) groups is 1. The minimum atomic E-state index is 0. The van der Waals surface area contributed by atoms with E-state index in [2.05, 4.69) is 15.6 Å². The smallest absolute Gasteiger partial charge is 0.229 e. The lowest BCUT2D eigenvalue weighted by Crippen LogP contribution is -2.37. The van der Waals surface area contributed by atoms with Crippen LogP contribution in [0.25, 0.3) is 0 Å². The van der Waals surface area contributed by atoms with Gasteiger partial charge in [-0.05, 0) is 31.5 Å². The third kappa shape index (κ3) is 4.89. The highest BCUT2D eigenvalue weighted by atomic mass is 35.5. The average molecular weight is 278 g/mol. The molecule has 0 bridgehead atoms. The summed E-state index contributed by atoms with van der Waals surface area (Å²) in [4.78, 5) is 15.8. The van der Waals surface area contributed by atoms with E-state index in [-0.39, 0.29) is 36.6 Å². The molecule has 1 fully saturated rings. The van der Waals surface area contributed by atoms with Crippen LogP contribution < -0.4 is 10.6 Å². The van der Waals surface area contributed by atoms with Gasteiger partial charge in [0.2, 0.25) is 5.91 Å². The summed E-state index contributed by atoms with van der Waals surface area (Å²) in [6.07, 6.45) is 3.71. The van der Waals surface area contributed by atoms with Crippen molar-refractivity contribution in [2.24, 2.45) is 5.92 Å². The molecule has 0 aromatic carbocycles. The van der Waals surface area contributed by atoms with Crippen LogP contribution in [0.3, 0.4) is 0 Å². The molecule has 1 aliphatic rings. The Kier molecular flexibility index (Phi) is 7.87. The Morgan fingerprint density at radius 3 is 2.82 bits per heavy atom. The second-order valence-corrected chi connectivity index (χ2v) is 3.75. The van der Waals surface area contributed by atoms with E-state index in [1.807, 2.05) is 12.1 Å². The minimum absolute atomic E-state index is 0. The van der Waals surface area contributed by atoms with Crippen molar-refractivity contribution in [2.45, 2.75) is 12.8 Å². The molecule has 0 spiro atoms. The lowest BCUT2D eigenvalue weighted by atomic mass is 9.99. The number of halogens is 2. The molecule has 0 saturated carbocycles. The Bertz CT molecular complexity index is 329. The van der Waals surface area contributed by atoms with Crippen molar-refractivity contribution >= 4 is 36.5 Å². The van der Waals surface area contributed by atoms with Gasteiger partial charge in [-0.1, -0.05) is 6.07 Å². The molecule has 1 aliphatic heterocycles. The molecule has 1 amide bonds. The van der Waals surface area contributed by atoms with Crippen molar-refractivity contribution in [2.75, 3.05) is 18.4 Å². The molecule has 2 rings (SSSR count). The first kappa shape index (κ1) is 16.2. The van der Waals surface area contributed by atoms with E-state index in [0.29, 0.717) is 5.82 Å². The largest absolute Gasteiger partial charge is 0.316 e. The third-order valence-corrected chi connectivity index (χ3v) is 2.58. The summed E-state index contributed by atoms with van der Waals surface area (Å²) in [5.74, 6) is 0.787. The van der Waals surface area contributed by atoms with Crippen LogP contribution in [0.5, 0.6) is 0 Å². The number of hydrogen-bond donors (Lipinski definition) is 2. The summed E-state index contributed by atoms with van der Waals surface area (Å²) < 4.78 is 0. The normalized spacial score (nSPS) is 18.5. The maximum Gasteiger partial charge on any atom is 0.229 e. The third-order valence-electron chi connectivity index (χ3n) is 2.58. The zero-order chi connectivity index (χ0) is 10.5. The van der Waals surface area contributed by atoms with Gasteiger partial charge in [-0.25, -0.2) is 4.98 Å². The van der Waals surface area contributed by atoms with Crippen LogP contribution in [-0.2, 0) is 4.79 Å². The average Bonchev–Trinajstić information content (AvgIpc) is 2.31. The lowest BCUT2D eigenvalue weighted by molar-refractivity contribution is -0.120. The van der Waals surface area contributed by atoms with Gasteiger partial charge >= 0.3 is 0 Å². The van der Waals surface area contributed by atoms with Crippen LogP contribution in [0.2, 0.25) is 0 Å². The molecule has 96 valence electrons. The number of pyridine rings is 1. The highest BCUT2D eigenvalue weighted by Gasteiger charge is 2.20. The highest BCUT2D eigenvalue weighted by Crippen LogP contribution is 2.12. The fourth-order valence-corrected chi connectivity index (χ4v) is 1.74. The quantitative estimate of drug-likeness (QED) is 0.868. The van der Waals surface area contributed by atoms with Crippen LogP contribution in [0.4, 0.5) is 5.82 Å². The van der Waals surface area contributed by atoms with Gasteiger partial charge in [0.1, 0.15) is 5.82 Å². The van der Waals surface area contributed by atoms with Gasteiger partial charge in [0, 0.05) is 12.7 Å². The number of carbonyl (C=O) groups excluding carboxylic acids is 1. The molecule has 1 unspecified atom stereocenters. The minimum Gasteiger partial charge on any atom is -0.316 e. The monoisotopic (exact) mass is 277 g/mol. The van der Waals surface area contributed by atoms with Crippen LogP contribution >= 0.6 is 24.8 Å². The predicted octanol–water partition coefficient (Wildman–Crippen LogP) is 1.86. The van der Waals surface area contributed by atoms with E-state index in [0.717, 1.165) is 25.9 Å². The maximum absolute atomic E-state index is 11.8. The van der Waals surface area contributed by atoms with E-state index in [4.69, 9.17) is 0 Å². The summed E-state index contributed by atoms with van der Waals surface area (Å²) >= 11 is 0. The molecule has 4 nitrogen and oxygen atoms in total. The topological polar surface area (TPSA) is 54.0 Å². The van der Waals surface area contributed by atoms with Crippen LogP contribution in [0, 0.1) is 5.92 Å². The number of hydrogen-bond acceptors (Lipinski definition) is 3. The predicted molar refractivity (Wildman–Crippen MR) is 73.0 cm³/mol. The van der Waals surface area contributed by atoms with Crippen molar-refractivity contribution in [1.29, 1.82) is 0 Å². The molecule has 1 atom stereocenters. The number of piperidine rings is 1. The summed E-state index contributed by atoms with van der Waals surface area (Å²) in [6, 6.07) is 5.49. The van der Waals surface area contributed by atoms with Crippen LogP contribution in [0.1, 0.15) is 12.8 Å². The Hall–Kier alpha value is -0.840.